The minimum absolute atomic E-state index is 0. The Morgan fingerprint density at radius 1 is 1.25 bits per heavy atom. The van der Waals surface area contributed by atoms with E-state index in [9.17, 15) is 5.11 Å². The summed E-state index contributed by atoms with van der Waals surface area (Å²) < 4.78 is 11.5. The minimum Gasteiger partial charge on any atom is -0.387 e. The Labute approximate surface area is 186 Å². The van der Waals surface area contributed by atoms with E-state index in [1.54, 1.807) is 0 Å². The van der Waals surface area contributed by atoms with Crippen LogP contribution in [0.1, 0.15) is 39.0 Å². The smallest absolute Gasteiger partial charge is 0.191 e. The molecule has 7 nitrogen and oxygen atoms in total. The summed E-state index contributed by atoms with van der Waals surface area (Å²) in [5.41, 5.74) is -0.506. The minimum atomic E-state index is -0.807. The lowest BCUT2D eigenvalue weighted by molar-refractivity contribution is -0.125. The SMILES string of the molecule is CN=C(NCC(C)(O)CN1CCOCC1)NC1C2CCOC2C12CCCC2.I. The second-order valence-electron chi connectivity index (χ2n) is 9.12. The fourth-order valence-electron chi connectivity index (χ4n) is 5.82. The van der Waals surface area contributed by atoms with Crippen molar-refractivity contribution >= 4 is 29.9 Å². The van der Waals surface area contributed by atoms with Crippen LogP contribution in [0, 0.1) is 11.3 Å². The molecule has 2 aliphatic carbocycles. The molecule has 28 heavy (non-hydrogen) atoms. The van der Waals surface area contributed by atoms with Crippen LogP contribution in [0.5, 0.6) is 0 Å². The molecule has 2 heterocycles. The first-order valence-electron chi connectivity index (χ1n) is 10.7. The zero-order valence-electron chi connectivity index (χ0n) is 17.3. The molecular formula is C20H37IN4O3. The number of aliphatic hydroxyl groups is 1. The van der Waals surface area contributed by atoms with Crippen molar-refractivity contribution in [3.8, 4) is 0 Å². The monoisotopic (exact) mass is 508 g/mol. The Morgan fingerprint density at radius 3 is 2.64 bits per heavy atom. The number of fused-ring (bicyclic) bond motifs is 2. The largest absolute Gasteiger partial charge is 0.387 e. The summed E-state index contributed by atoms with van der Waals surface area (Å²) >= 11 is 0. The van der Waals surface area contributed by atoms with Gasteiger partial charge < -0.3 is 25.2 Å². The summed E-state index contributed by atoms with van der Waals surface area (Å²) in [6.07, 6.45) is 6.74. The van der Waals surface area contributed by atoms with Gasteiger partial charge in [-0.2, -0.15) is 0 Å². The van der Waals surface area contributed by atoms with Crippen molar-refractivity contribution in [1.29, 1.82) is 0 Å². The number of β-amino-alcohol motifs (C(OH)–C–C–N with tert-alkyl or cyclic N) is 1. The second-order valence-corrected chi connectivity index (χ2v) is 9.12. The van der Waals surface area contributed by atoms with Crippen LogP contribution in [0.2, 0.25) is 0 Å². The van der Waals surface area contributed by atoms with E-state index in [1.807, 2.05) is 14.0 Å². The summed E-state index contributed by atoms with van der Waals surface area (Å²) in [6.45, 7) is 7.19. The number of guanidine groups is 1. The lowest BCUT2D eigenvalue weighted by atomic mass is 9.54. The number of hydrogen-bond donors (Lipinski definition) is 3. The van der Waals surface area contributed by atoms with Crippen LogP contribution in [0.4, 0.5) is 0 Å². The molecule has 2 saturated heterocycles. The molecule has 2 aliphatic heterocycles. The molecule has 0 bridgehead atoms. The Kier molecular flexibility index (Phi) is 7.50. The predicted molar refractivity (Wildman–Crippen MR) is 120 cm³/mol. The molecule has 0 radical (unpaired) electrons. The van der Waals surface area contributed by atoms with Crippen LogP contribution in [0.15, 0.2) is 4.99 Å². The summed E-state index contributed by atoms with van der Waals surface area (Å²) in [4.78, 5) is 6.70. The van der Waals surface area contributed by atoms with Crippen molar-refractivity contribution in [1.82, 2.24) is 15.5 Å². The number of nitrogens with one attached hydrogen (secondary N) is 2. The van der Waals surface area contributed by atoms with Crippen molar-refractivity contribution in [3.63, 3.8) is 0 Å². The first-order valence-corrected chi connectivity index (χ1v) is 10.7. The Hall–Kier alpha value is -0.160. The van der Waals surface area contributed by atoms with E-state index in [4.69, 9.17) is 9.47 Å². The van der Waals surface area contributed by atoms with Gasteiger partial charge in [0, 0.05) is 57.2 Å². The molecule has 1 spiro atoms. The summed E-state index contributed by atoms with van der Waals surface area (Å²) in [7, 11) is 1.81. The molecule has 8 heteroatoms. The summed E-state index contributed by atoms with van der Waals surface area (Å²) in [5.74, 6) is 1.41. The number of rotatable bonds is 5. The number of morpholine rings is 1. The molecule has 0 aromatic heterocycles. The first kappa shape index (κ1) is 22.5. The average Bonchev–Trinajstić information content (AvgIpc) is 3.31. The quantitative estimate of drug-likeness (QED) is 0.295. The first-order chi connectivity index (χ1) is 13.0. The highest BCUT2D eigenvalue weighted by Crippen LogP contribution is 2.60. The predicted octanol–water partition coefficient (Wildman–Crippen LogP) is 1.20. The van der Waals surface area contributed by atoms with Gasteiger partial charge in [-0.05, 0) is 26.2 Å². The molecule has 162 valence electrons. The normalized spacial score (nSPS) is 34.2. The Bertz CT molecular complexity index is 548. The number of hydrogen-bond acceptors (Lipinski definition) is 5. The maximum atomic E-state index is 10.8. The molecule has 0 amide bonds. The maximum Gasteiger partial charge on any atom is 0.191 e. The van der Waals surface area contributed by atoms with Gasteiger partial charge in [0.1, 0.15) is 0 Å². The van der Waals surface area contributed by atoms with Crippen LogP contribution in [0.25, 0.3) is 0 Å². The molecule has 0 aromatic carbocycles. The molecule has 2 saturated carbocycles. The summed E-state index contributed by atoms with van der Waals surface area (Å²) in [6, 6.07) is 0.447. The molecule has 4 unspecified atom stereocenters. The van der Waals surface area contributed by atoms with Crippen molar-refractivity contribution in [2.24, 2.45) is 16.3 Å². The van der Waals surface area contributed by atoms with E-state index in [1.165, 1.54) is 25.7 Å². The number of nitrogens with zero attached hydrogens (tertiary/aromatic N) is 2. The highest BCUT2D eigenvalue weighted by Gasteiger charge is 2.65. The third kappa shape index (κ3) is 4.45. The highest BCUT2D eigenvalue weighted by molar-refractivity contribution is 14.0. The van der Waals surface area contributed by atoms with Crippen molar-refractivity contribution < 1.29 is 14.6 Å². The molecular weight excluding hydrogens is 471 g/mol. The van der Waals surface area contributed by atoms with Crippen molar-refractivity contribution in [3.05, 3.63) is 0 Å². The van der Waals surface area contributed by atoms with Gasteiger partial charge in [0.05, 0.1) is 24.9 Å². The molecule has 0 aromatic rings. The fraction of sp³-hybridized carbons (Fsp3) is 0.950. The van der Waals surface area contributed by atoms with E-state index in [-0.39, 0.29) is 24.0 Å². The lowest BCUT2D eigenvalue weighted by Crippen LogP contribution is -2.69. The zero-order chi connectivity index (χ0) is 18.9. The second kappa shape index (κ2) is 9.32. The van der Waals surface area contributed by atoms with Crippen molar-refractivity contribution in [2.75, 3.05) is 53.0 Å². The van der Waals surface area contributed by atoms with Crippen LogP contribution >= 0.6 is 24.0 Å². The average molecular weight is 508 g/mol. The number of ether oxygens (including phenoxy) is 2. The lowest BCUT2D eigenvalue weighted by Gasteiger charge is -2.57. The molecule has 4 atom stereocenters. The fourth-order valence-corrected chi connectivity index (χ4v) is 5.82. The van der Waals surface area contributed by atoms with Gasteiger partial charge in [-0.3, -0.25) is 9.89 Å². The van der Waals surface area contributed by atoms with Gasteiger partial charge in [-0.25, -0.2) is 0 Å². The Morgan fingerprint density at radius 2 is 1.96 bits per heavy atom. The van der Waals surface area contributed by atoms with Gasteiger partial charge in [0.15, 0.2) is 5.96 Å². The third-order valence-corrected chi connectivity index (χ3v) is 7.11. The maximum absolute atomic E-state index is 10.8. The van der Waals surface area contributed by atoms with Crippen LogP contribution in [-0.2, 0) is 9.47 Å². The van der Waals surface area contributed by atoms with Gasteiger partial charge in [-0.1, -0.05) is 12.8 Å². The van der Waals surface area contributed by atoms with E-state index < -0.39 is 5.60 Å². The molecule has 4 fully saturated rings. The van der Waals surface area contributed by atoms with Crippen molar-refractivity contribution in [2.45, 2.75) is 56.8 Å². The van der Waals surface area contributed by atoms with Gasteiger partial charge in [0.25, 0.3) is 0 Å². The van der Waals surface area contributed by atoms with Crippen LogP contribution in [0.3, 0.4) is 0 Å². The van der Waals surface area contributed by atoms with Crippen LogP contribution in [-0.4, -0.2) is 86.8 Å². The molecule has 4 aliphatic rings. The Balaban J connectivity index is 0.00000225. The van der Waals surface area contributed by atoms with E-state index in [0.717, 1.165) is 45.3 Å². The van der Waals surface area contributed by atoms with E-state index in [0.29, 0.717) is 36.6 Å². The van der Waals surface area contributed by atoms with Crippen LogP contribution < -0.4 is 10.6 Å². The highest BCUT2D eigenvalue weighted by atomic mass is 127. The standard InChI is InChI=1S/C20H36N4O3.HI/c1-19(25,14-24-8-11-26-12-9-24)13-22-18(21-2)23-16-15-5-10-27-17(15)20(16)6-3-4-7-20;/h15-17,25H,3-14H2,1-2H3,(H2,21,22,23);1H. The third-order valence-electron chi connectivity index (χ3n) is 7.11. The summed E-state index contributed by atoms with van der Waals surface area (Å²) in [5, 5.41) is 17.9. The van der Waals surface area contributed by atoms with E-state index in [2.05, 4.69) is 20.5 Å². The van der Waals surface area contributed by atoms with E-state index >= 15 is 0 Å². The van der Waals surface area contributed by atoms with Gasteiger partial charge >= 0.3 is 0 Å². The molecule has 3 N–H and O–H groups in total. The zero-order valence-corrected chi connectivity index (χ0v) is 19.6. The number of aliphatic imine (C=N–C) groups is 1. The number of halogens is 1. The topological polar surface area (TPSA) is 78.4 Å². The molecule has 4 rings (SSSR count). The van der Waals surface area contributed by atoms with Gasteiger partial charge in [0.2, 0.25) is 0 Å². The van der Waals surface area contributed by atoms with Gasteiger partial charge in [-0.15, -0.1) is 24.0 Å².